The topological polar surface area (TPSA) is 72.9 Å². The molecule has 0 radical (unpaired) electrons. The van der Waals surface area contributed by atoms with Crippen LogP contribution in [0.3, 0.4) is 0 Å². The summed E-state index contributed by atoms with van der Waals surface area (Å²) in [6.07, 6.45) is 0.343. The summed E-state index contributed by atoms with van der Waals surface area (Å²) in [7, 11) is -2.04. The van der Waals surface area contributed by atoms with Crippen molar-refractivity contribution in [3.63, 3.8) is 0 Å². The van der Waals surface area contributed by atoms with E-state index in [0.717, 1.165) is 4.31 Å². The van der Waals surface area contributed by atoms with Crippen molar-refractivity contribution in [1.29, 1.82) is 0 Å². The SMILES string of the molecule is CCOC(=O)CN(CCOC)S(=O)(=O)CCCCl. The van der Waals surface area contributed by atoms with Gasteiger partial charge in [0, 0.05) is 19.5 Å². The Hall–Kier alpha value is -0.370. The largest absolute Gasteiger partial charge is 0.465 e. The lowest BCUT2D eigenvalue weighted by Crippen LogP contribution is -2.40. The summed E-state index contributed by atoms with van der Waals surface area (Å²) in [5.74, 6) is -0.390. The molecule has 6 nitrogen and oxygen atoms in total. The lowest BCUT2D eigenvalue weighted by atomic mass is 10.6. The molecular formula is C10H20ClNO5S. The summed E-state index contributed by atoms with van der Waals surface area (Å²) in [6, 6.07) is 0. The molecule has 0 aromatic heterocycles. The Morgan fingerprint density at radius 2 is 2.06 bits per heavy atom. The van der Waals surface area contributed by atoms with E-state index >= 15 is 0 Å². The number of rotatable bonds is 10. The highest BCUT2D eigenvalue weighted by Gasteiger charge is 2.24. The van der Waals surface area contributed by atoms with Gasteiger partial charge >= 0.3 is 5.97 Å². The van der Waals surface area contributed by atoms with E-state index in [1.165, 1.54) is 7.11 Å². The van der Waals surface area contributed by atoms with Gasteiger partial charge < -0.3 is 9.47 Å². The van der Waals surface area contributed by atoms with Crippen LogP contribution in [0.4, 0.5) is 0 Å². The molecule has 108 valence electrons. The Morgan fingerprint density at radius 3 is 2.56 bits per heavy atom. The summed E-state index contributed by atoms with van der Waals surface area (Å²) in [4.78, 5) is 11.3. The number of alkyl halides is 1. The number of hydrogen-bond donors (Lipinski definition) is 0. The smallest absolute Gasteiger partial charge is 0.321 e. The minimum absolute atomic E-state index is 0.0837. The number of esters is 1. The maximum Gasteiger partial charge on any atom is 0.321 e. The molecule has 0 bridgehead atoms. The van der Waals surface area contributed by atoms with E-state index in [9.17, 15) is 13.2 Å². The quantitative estimate of drug-likeness (QED) is 0.433. The fourth-order valence-electron chi connectivity index (χ4n) is 1.23. The molecule has 0 rings (SSSR count). The second kappa shape index (κ2) is 9.55. The highest BCUT2D eigenvalue weighted by molar-refractivity contribution is 7.89. The molecule has 0 aromatic carbocycles. The molecule has 0 heterocycles. The molecule has 0 saturated carbocycles. The zero-order valence-corrected chi connectivity index (χ0v) is 12.3. The van der Waals surface area contributed by atoms with Crippen LogP contribution in [-0.2, 0) is 24.3 Å². The van der Waals surface area contributed by atoms with Gasteiger partial charge in [-0.15, -0.1) is 11.6 Å². The molecule has 0 aliphatic heterocycles. The fraction of sp³-hybridized carbons (Fsp3) is 0.900. The standard InChI is InChI=1S/C10H20ClNO5S/c1-3-17-10(13)9-12(6-7-16-2)18(14,15)8-4-5-11/h3-9H2,1-2H3. The van der Waals surface area contributed by atoms with Gasteiger partial charge in [-0.3, -0.25) is 4.79 Å². The molecule has 0 amide bonds. The van der Waals surface area contributed by atoms with Gasteiger partial charge in [-0.25, -0.2) is 8.42 Å². The van der Waals surface area contributed by atoms with Crippen LogP contribution in [0.1, 0.15) is 13.3 Å². The molecule has 0 aromatic rings. The normalized spacial score (nSPS) is 11.8. The van der Waals surface area contributed by atoms with Crippen LogP contribution in [0.15, 0.2) is 0 Å². The molecule has 0 aliphatic carbocycles. The van der Waals surface area contributed by atoms with Gasteiger partial charge in [0.1, 0.15) is 6.54 Å². The number of carbonyl (C=O) groups is 1. The Morgan fingerprint density at radius 1 is 1.39 bits per heavy atom. The summed E-state index contributed by atoms with van der Waals surface area (Å²) < 4.78 is 34.5. The molecule has 0 aliphatic rings. The van der Waals surface area contributed by atoms with E-state index in [1.807, 2.05) is 0 Å². The van der Waals surface area contributed by atoms with Crippen LogP contribution < -0.4 is 0 Å². The van der Waals surface area contributed by atoms with E-state index in [0.29, 0.717) is 6.42 Å². The van der Waals surface area contributed by atoms with Crippen molar-refractivity contribution < 1.29 is 22.7 Å². The van der Waals surface area contributed by atoms with Crippen molar-refractivity contribution in [3.05, 3.63) is 0 Å². The second-order valence-electron chi connectivity index (χ2n) is 3.49. The van der Waals surface area contributed by atoms with E-state index in [1.54, 1.807) is 6.92 Å². The molecule has 0 atom stereocenters. The summed E-state index contributed by atoms with van der Waals surface area (Å²) in [5, 5.41) is 0. The molecule has 0 fully saturated rings. The highest BCUT2D eigenvalue weighted by atomic mass is 35.5. The fourth-order valence-corrected chi connectivity index (χ4v) is 2.94. The van der Waals surface area contributed by atoms with Crippen LogP contribution in [0.5, 0.6) is 0 Å². The minimum atomic E-state index is -3.50. The molecular weight excluding hydrogens is 282 g/mol. The van der Waals surface area contributed by atoms with E-state index in [-0.39, 0.29) is 37.9 Å². The van der Waals surface area contributed by atoms with Crippen LogP contribution >= 0.6 is 11.6 Å². The van der Waals surface area contributed by atoms with Crippen molar-refractivity contribution in [2.24, 2.45) is 0 Å². The predicted octanol–water partition coefficient (Wildman–Crippen LogP) is 0.457. The molecule has 0 spiro atoms. The predicted molar refractivity (Wildman–Crippen MR) is 69.2 cm³/mol. The number of carbonyl (C=O) groups excluding carboxylic acids is 1. The maximum atomic E-state index is 11.9. The first-order chi connectivity index (χ1) is 8.47. The Kier molecular flexibility index (Phi) is 9.35. The lowest BCUT2D eigenvalue weighted by molar-refractivity contribution is -0.143. The van der Waals surface area contributed by atoms with Crippen molar-refractivity contribution in [2.45, 2.75) is 13.3 Å². The zero-order chi connectivity index (χ0) is 14.0. The summed E-state index contributed by atoms with van der Waals surface area (Å²) >= 11 is 5.47. The van der Waals surface area contributed by atoms with Gasteiger partial charge in [-0.1, -0.05) is 0 Å². The van der Waals surface area contributed by atoms with Gasteiger partial charge in [0.2, 0.25) is 10.0 Å². The van der Waals surface area contributed by atoms with Crippen LogP contribution in [-0.4, -0.2) is 63.7 Å². The average Bonchev–Trinajstić information content (AvgIpc) is 2.32. The molecule has 0 N–H and O–H groups in total. The number of nitrogens with zero attached hydrogens (tertiary/aromatic N) is 1. The van der Waals surface area contributed by atoms with Gasteiger partial charge in [-0.05, 0) is 13.3 Å². The molecule has 8 heteroatoms. The van der Waals surface area contributed by atoms with E-state index in [4.69, 9.17) is 21.1 Å². The number of methoxy groups -OCH3 is 1. The number of ether oxygens (including phenoxy) is 2. The first-order valence-electron chi connectivity index (χ1n) is 5.66. The Bertz CT molecular complexity index is 333. The van der Waals surface area contributed by atoms with Crippen molar-refractivity contribution in [3.8, 4) is 0 Å². The number of sulfonamides is 1. The van der Waals surface area contributed by atoms with Gasteiger partial charge in [0.15, 0.2) is 0 Å². The molecule has 0 unspecified atom stereocenters. The van der Waals surface area contributed by atoms with Crippen LogP contribution in [0.25, 0.3) is 0 Å². The lowest BCUT2D eigenvalue weighted by Gasteiger charge is -2.20. The van der Waals surface area contributed by atoms with Crippen LogP contribution in [0, 0.1) is 0 Å². The minimum Gasteiger partial charge on any atom is -0.465 e. The molecule has 0 saturated heterocycles. The van der Waals surface area contributed by atoms with Gasteiger partial charge in [0.25, 0.3) is 0 Å². The van der Waals surface area contributed by atoms with Crippen molar-refractivity contribution in [1.82, 2.24) is 4.31 Å². The first-order valence-corrected chi connectivity index (χ1v) is 7.80. The van der Waals surface area contributed by atoms with Gasteiger partial charge in [0.05, 0.1) is 19.0 Å². The van der Waals surface area contributed by atoms with Gasteiger partial charge in [-0.2, -0.15) is 4.31 Å². The van der Waals surface area contributed by atoms with Crippen molar-refractivity contribution in [2.75, 3.05) is 45.0 Å². The van der Waals surface area contributed by atoms with E-state index < -0.39 is 16.0 Å². The van der Waals surface area contributed by atoms with Crippen LogP contribution in [0.2, 0.25) is 0 Å². The third kappa shape index (κ3) is 7.15. The third-order valence-electron chi connectivity index (χ3n) is 2.08. The Balaban J connectivity index is 4.59. The second-order valence-corrected chi connectivity index (χ2v) is 5.96. The monoisotopic (exact) mass is 301 g/mol. The summed E-state index contributed by atoms with van der Waals surface area (Å²) in [5.41, 5.74) is 0. The summed E-state index contributed by atoms with van der Waals surface area (Å²) in [6.45, 7) is 1.94. The number of halogens is 1. The highest BCUT2D eigenvalue weighted by Crippen LogP contribution is 2.05. The maximum absolute atomic E-state index is 11.9. The van der Waals surface area contributed by atoms with Crippen molar-refractivity contribution >= 4 is 27.6 Å². The molecule has 18 heavy (non-hydrogen) atoms. The van der Waals surface area contributed by atoms with E-state index in [2.05, 4.69) is 0 Å². The zero-order valence-electron chi connectivity index (χ0n) is 10.7. The third-order valence-corrected chi connectivity index (χ3v) is 4.26. The Labute approximate surface area is 113 Å². The first kappa shape index (κ1) is 17.6. The average molecular weight is 302 g/mol. The number of hydrogen-bond acceptors (Lipinski definition) is 5.